The fraction of sp³-hybridized carbons (Fsp3) is 0.294. The van der Waals surface area contributed by atoms with Gasteiger partial charge in [-0.25, -0.2) is 0 Å². The van der Waals surface area contributed by atoms with Crippen molar-refractivity contribution in [1.29, 1.82) is 0 Å². The number of aryl methyl sites for hydroxylation is 1. The number of unbranched alkanes of at least 4 members (excludes halogenated alkanes) is 2. The lowest BCUT2D eigenvalue weighted by Crippen LogP contribution is -1.85. The fourth-order valence-electron chi connectivity index (χ4n) is 2.02. The smallest absolute Gasteiger partial charge is 0.0184 e. The van der Waals surface area contributed by atoms with Gasteiger partial charge in [0.2, 0.25) is 0 Å². The Labute approximate surface area is 104 Å². The molecule has 2 rings (SSSR count). The lowest BCUT2D eigenvalue weighted by Gasteiger charge is -2.04. The van der Waals surface area contributed by atoms with E-state index in [9.17, 15) is 0 Å². The fourth-order valence-corrected chi connectivity index (χ4v) is 2.02. The molecule has 0 aliphatic heterocycles. The maximum atomic E-state index is 3.05. The van der Waals surface area contributed by atoms with Crippen molar-refractivity contribution in [2.45, 2.75) is 32.6 Å². The second-order valence-electron chi connectivity index (χ2n) is 4.44. The van der Waals surface area contributed by atoms with Gasteiger partial charge in [0, 0.05) is 0 Å². The summed E-state index contributed by atoms with van der Waals surface area (Å²) in [6.45, 7) is 2.25. The molecule has 0 unspecified atom stereocenters. The summed E-state index contributed by atoms with van der Waals surface area (Å²) in [4.78, 5) is 0. The van der Waals surface area contributed by atoms with E-state index in [-0.39, 0.29) is 0 Å². The third kappa shape index (κ3) is 3.45. The molecule has 0 heterocycles. The lowest BCUT2D eigenvalue weighted by atomic mass is 10.0. The van der Waals surface area contributed by atoms with Gasteiger partial charge in [0.1, 0.15) is 0 Å². The van der Waals surface area contributed by atoms with Crippen molar-refractivity contribution >= 4 is 0 Å². The van der Waals surface area contributed by atoms with Gasteiger partial charge in [0.15, 0.2) is 0 Å². The Kier molecular flexibility index (Phi) is 4.37. The van der Waals surface area contributed by atoms with E-state index in [2.05, 4.69) is 49.4 Å². The topological polar surface area (TPSA) is 0 Å². The first kappa shape index (κ1) is 11.9. The van der Waals surface area contributed by atoms with Gasteiger partial charge in [-0.3, -0.25) is 0 Å². The predicted molar refractivity (Wildman–Crippen MR) is 73.9 cm³/mol. The van der Waals surface area contributed by atoms with Crippen molar-refractivity contribution < 1.29 is 0 Å². The highest BCUT2D eigenvalue weighted by Crippen LogP contribution is 2.19. The molecule has 0 aliphatic carbocycles. The maximum Gasteiger partial charge on any atom is -0.0184 e. The Morgan fingerprint density at radius 3 is 2.12 bits per heavy atom. The van der Waals surface area contributed by atoms with Crippen molar-refractivity contribution in [3.05, 3.63) is 60.2 Å². The van der Waals surface area contributed by atoms with E-state index in [4.69, 9.17) is 0 Å². The summed E-state index contributed by atoms with van der Waals surface area (Å²) in [7, 11) is 0. The molecule has 2 aromatic carbocycles. The first-order valence-electron chi connectivity index (χ1n) is 6.45. The van der Waals surface area contributed by atoms with E-state index in [1.165, 1.54) is 42.4 Å². The summed E-state index contributed by atoms with van der Waals surface area (Å²) < 4.78 is 0. The molecule has 17 heavy (non-hydrogen) atoms. The quantitative estimate of drug-likeness (QED) is 0.633. The Morgan fingerprint density at radius 1 is 0.824 bits per heavy atom. The highest BCUT2D eigenvalue weighted by Gasteiger charge is 1.97. The minimum absolute atomic E-state index is 1.21. The maximum absolute atomic E-state index is 3.05. The molecule has 0 spiro atoms. The van der Waals surface area contributed by atoms with Crippen molar-refractivity contribution in [3.8, 4) is 11.1 Å². The largest absolute Gasteiger partial charge is 0.0654 e. The minimum atomic E-state index is 1.21. The van der Waals surface area contributed by atoms with Gasteiger partial charge in [0.05, 0.1) is 0 Å². The Hall–Kier alpha value is -1.56. The molecular formula is C17H19. The van der Waals surface area contributed by atoms with Crippen LogP contribution in [0.4, 0.5) is 0 Å². The summed E-state index contributed by atoms with van der Waals surface area (Å²) in [5.41, 5.74) is 4.01. The normalized spacial score (nSPS) is 10.4. The van der Waals surface area contributed by atoms with Crippen LogP contribution in [0.15, 0.2) is 48.5 Å². The molecule has 1 radical (unpaired) electrons. The molecule has 0 atom stereocenters. The molecule has 0 saturated heterocycles. The summed E-state index contributed by atoms with van der Waals surface area (Å²) in [5, 5.41) is 0. The average molecular weight is 223 g/mol. The zero-order valence-corrected chi connectivity index (χ0v) is 10.4. The summed E-state index contributed by atoms with van der Waals surface area (Å²) in [5.74, 6) is 0. The van der Waals surface area contributed by atoms with Crippen LogP contribution in [0.1, 0.15) is 31.7 Å². The SMILES string of the molecule is CCCCCc1ccc(-c2cc[c]cc2)cc1. The molecule has 87 valence electrons. The van der Waals surface area contributed by atoms with Crippen molar-refractivity contribution in [2.75, 3.05) is 0 Å². The average Bonchev–Trinajstić information content (AvgIpc) is 2.41. The van der Waals surface area contributed by atoms with E-state index in [1.807, 2.05) is 12.1 Å². The van der Waals surface area contributed by atoms with Gasteiger partial charge >= 0.3 is 0 Å². The van der Waals surface area contributed by atoms with Crippen LogP contribution in [0.2, 0.25) is 0 Å². The zero-order chi connectivity index (χ0) is 11.9. The summed E-state index contributed by atoms with van der Waals surface area (Å²) >= 11 is 0. The van der Waals surface area contributed by atoms with Crippen LogP contribution >= 0.6 is 0 Å². The predicted octanol–water partition coefficient (Wildman–Crippen LogP) is 4.89. The zero-order valence-electron chi connectivity index (χ0n) is 10.4. The molecule has 0 aliphatic rings. The summed E-state index contributed by atoms with van der Waals surface area (Å²) in [6.07, 6.45) is 5.13. The van der Waals surface area contributed by atoms with E-state index in [1.54, 1.807) is 0 Å². The first-order valence-corrected chi connectivity index (χ1v) is 6.45. The van der Waals surface area contributed by atoms with Gasteiger partial charge in [0.25, 0.3) is 0 Å². The molecule has 0 heteroatoms. The molecule has 0 amide bonds. The molecule has 0 N–H and O–H groups in total. The summed E-state index contributed by atoms with van der Waals surface area (Å²) in [6, 6.07) is 20.1. The van der Waals surface area contributed by atoms with Crippen LogP contribution in [0.5, 0.6) is 0 Å². The van der Waals surface area contributed by atoms with Crippen LogP contribution < -0.4 is 0 Å². The van der Waals surface area contributed by atoms with Crippen LogP contribution in [-0.4, -0.2) is 0 Å². The van der Waals surface area contributed by atoms with Crippen molar-refractivity contribution in [1.82, 2.24) is 0 Å². The number of rotatable bonds is 5. The van der Waals surface area contributed by atoms with Gasteiger partial charge in [-0.2, -0.15) is 0 Å². The monoisotopic (exact) mass is 223 g/mol. The molecule has 0 saturated carbocycles. The van der Waals surface area contributed by atoms with E-state index < -0.39 is 0 Å². The Balaban J connectivity index is 2.03. The third-order valence-electron chi connectivity index (χ3n) is 3.07. The first-order chi connectivity index (χ1) is 8.40. The van der Waals surface area contributed by atoms with Crippen LogP contribution in [0, 0.1) is 6.07 Å². The third-order valence-corrected chi connectivity index (χ3v) is 3.07. The number of hydrogen-bond donors (Lipinski definition) is 0. The Bertz CT molecular complexity index is 425. The Morgan fingerprint density at radius 2 is 1.47 bits per heavy atom. The molecule has 0 bridgehead atoms. The second kappa shape index (κ2) is 6.24. The van der Waals surface area contributed by atoms with Gasteiger partial charge in [-0.1, -0.05) is 68.3 Å². The van der Waals surface area contributed by atoms with Gasteiger partial charge in [-0.05, 0) is 35.6 Å². The highest BCUT2D eigenvalue weighted by molar-refractivity contribution is 5.63. The molecule has 2 aromatic rings. The van der Waals surface area contributed by atoms with E-state index in [0.29, 0.717) is 0 Å². The van der Waals surface area contributed by atoms with Gasteiger partial charge in [-0.15, -0.1) is 0 Å². The van der Waals surface area contributed by atoms with Crippen LogP contribution in [0.25, 0.3) is 11.1 Å². The molecule has 0 aromatic heterocycles. The van der Waals surface area contributed by atoms with E-state index in [0.717, 1.165) is 0 Å². The van der Waals surface area contributed by atoms with Crippen LogP contribution in [0.3, 0.4) is 0 Å². The van der Waals surface area contributed by atoms with Crippen molar-refractivity contribution in [3.63, 3.8) is 0 Å². The molecular weight excluding hydrogens is 204 g/mol. The molecule has 0 fully saturated rings. The van der Waals surface area contributed by atoms with Crippen LogP contribution in [-0.2, 0) is 6.42 Å². The number of hydrogen-bond acceptors (Lipinski definition) is 0. The minimum Gasteiger partial charge on any atom is -0.0654 e. The standard InChI is InChI=1S/C17H19/c1-2-3-5-8-15-11-13-17(14-12-15)16-9-6-4-7-10-16/h6-7,9-14H,2-3,5,8H2,1H3. The van der Waals surface area contributed by atoms with Gasteiger partial charge < -0.3 is 0 Å². The van der Waals surface area contributed by atoms with Crippen molar-refractivity contribution in [2.24, 2.45) is 0 Å². The van der Waals surface area contributed by atoms with E-state index >= 15 is 0 Å². The second-order valence-corrected chi connectivity index (χ2v) is 4.44. The number of benzene rings is 2. The highest BCUT2D eigenvalue weighted by atomic mass is 14.0. The molecule has 0 nitrogen and oxygen atoms in total. The lowest BCUT2D eigenvalue weighted by molar-refractivity contribution is 0.717.